The predicted octanol–water partition coefficient (Wildman–Crippen LogP) is 7.73. The van der Waals surface area contributed by atoms with Crippen LogP contribution < -0.4 is 0 Å². The van der Waals surface area contributed by atoms with Crippen molar-refractivity contribution in [1.82, 2.24) is 4.23 Å². The van der Waals surface area contributed by atoms with E-state index in [-0.39, 0.29) is 0 Å². The largest absolute Gasteiger partial charge is 0.372 e. The number of benzene rings is 1. The van der Waals surface area contributed by atoms with Crippen molar-refractivity contribution in [3.8, 4) is 0 Å². The van der Waals surface area contributed by atoms with Crippen molar-refractivity contribution < 1.29 is 0 Å². The van der Waals surface area contributed by atoms with Crippen LogP contribution >= 0.6 is 39.1 Å². The van der Waals surface area contributed by atoms with Gasteiger partial charge in [-0.05, 0) is 44.7 Å². The Labute approximate surface area is 153 Å². The van der Waals surface area contributed by atoms with Crippen LogP contribution in [0.2, 0.25) is 26.7 Å². The van der Waals surface area contributed by atoms with Gasteiger partial charge in [-0.25, -0.2) is 0 Å². The molecule has 22 heavy (non-hydrogen) atoms. The second-order valence-corrected chi connectivity index (χ2v) is 14.4. The van der Waals surface area contributed by atoms with Gasteiger partial charge in [0.15, 0.2) is 8.24 Å². The smallest absolute Gasteiger partial charge is 0.169 e. The lowest BCUT2D eigenvalue weighted by molar-refractivity contribution is 0.772. The number of halogens is 3. The zero-order valence-corrected chi connectivity index (χ0v) is 18.1. The Bertz CT molecular complexity index is 670. The van der Waals surface area contributed by atoms with Crippen LogP contribution in [0.4, 0.5) is 0 Å². The van der Waals surface area contributed by atoms with E-state index < -0.39 is 8.24 Å². The van der Waals surface area contributed by atoms with Crippen molar-refractivity contribution in [2.24, 2.45) is 0 Å². The van der Waals surface area contributed by atoms with Crippen LogP contribution in [0.25, 0.3) is 10.9 Å². The summed E-state index contributed by atoms with van der Waals surface area (Å²) >= 11 is 16.5. The van der Waals surface area contributed by atoms with Gasteiger partial charge in [0, 0.05) is 26.6 Å². The van der Waals surface area contributed by atoms with E-state index in [4.69, 9.17) is 23.2 Å². The van der Waals surface area contributed by atoms with Gasteiger partial charge in [0.25, 0.3) is 0 Å². The topological polar surface area (TPSA) is 4.93 Å². The first-order valence-electron chi connectivity index (χ1n) is 7.80. The molecule has 0 spiro atoms. The van der Waals surface area contributed by atoms with Gasteiger partial charge in [0.2, 0.25) is 0 Å². The van der Waals surface area contributed by atoms with Crippen molar-refractivity contribution in [2.75, 3.05) is 0 Å². The van der Waals surface area contributed by atoms with Crippen molar-refractivity contribution in [2.45, 2.75) is 58.2 Å². The van der Waals surface area contributed by atoms with Gasteiger partial charge in [-0.1, -0.05) is 64.7 Å². The Morgan fingerprint density at radius 2 is 1.45 bits per heavy atom. The molecule has 2 rings (SSSR count). The van der Waals surface area contributed by atoms with E-state index in [1.807, 2.05) is 6.07 Å². The summed E-state index contributed by atoms with van der Waals surface area (Å²) in [5.41, 5.74) is 3.01. The molecular weight excluding hydrogens is 397 g/mol. The van der Waals surface area contributed by atoms with Crippen LogP contribution in [0.15, 0.2) is 22.8 Å². The first kappa shape index (κ1) is 18.4. The minimum Gasteiger partial charge on any atom is -0.372 e. The minimum atomic E-state index is -1.82. The summed E-state index contributed by atoms with van der Waals surface area (Å²) in [6, 6.07) is 3.88. The second-order valence-electron chi connectivity index (χ2n) is 6.98. The van der Waals surface area contributed by atoms with E-state index in [0.29, 0.717) is 26.7 Å². The SMILES string of the molecule is CC(C)[Si](C(C)C)(C(C)C)n1cc(Br)c2c(Cl)cc(Cl)cc21. The Kier molecular flexibility index (Phi) is 5.43. The number of fused-ring (bicyclic) bond motifs is 1. The summed E-state index contributed by atoms with van der Waals surface area (Å²) in [6.07, 6.45) is 2.24. The highest BCUT2D eigenvalue weighted by molar-refractivity contribution is 9.10. The molecule has 0 atom stereocenters. The zero-order valence-electron chi connectivity index (χ0n) is 14.0. The van der Waals surface area contributed by atoms with E-state index in [9.17, 15) is 0 Å². The van der Waals surface area contributed by atoms with E-state index >= 15 is 0 Å². The molecule has 1 nitrogen and oxygen atoms in total. The van der Waals surface area contributed by atoms with Crippen LogP contribution in [0, 0.1) is 0 Å². The quantitative estimate of drug-likeness (QED) is 0.445. The monoisotopic (exact) mass is 419 g/mol. The first-order chi connectivity index (χ1) is 10.1. The average molecular weight is 421 g/mol. The van der Waals surface area contributed by atoms with Gasteiger partial charge in [-0.2, -0.15) is 0 Å². The molecule has 0 aliphatic rings. The maximum Gasteiger partial charge on any atom is 0.169 e. The zero-order chi connectivity index (χ0) is 16.8. The fourth-order valence-corrected chi connectivity index (χ4v) is 12.5. The van der Waals surface area contributed by atoms with Crippen molar-refractivity contribution in [3.05, 3.63) is 32.8 Å². The van der Waals surface area contributed by atoms with E-state index in [2.05, 4.69) is 74.0 Å². The summed E-state index contributed by atoms with van der Waals surface area (Å²) in [5, 5.41) is 2.49. The molecule has 0 bridgehead atoms. The van der Waals surface area contributed by atoms with Crippen LogP contribution in [0.5, 0.6) is 0 Å². The molecule has 0 unspecified atom stereocenters. The Balaban J connectivity index is 2.92. The maximum atomic E-state index is 6.46. The van der Waals surface area contributed by atoms with Crippen LogP contribution in [-0.2, 0) is 0 Å². The molecule has 0 fully saturated rings. The second kappa shape index (κ2) is 6.50. The normalized spacial score (nSPS) is 13.1. The molecule has 1 heterocycles. The number of rotatable bonds is 4. The van der Waals surface area contributed by atoms with Gasteiger partial charge in [0.1, 0.15) is 0 Å². The highest BCUT2D eigenvalue weighted by Gasteiger charge is 2.46. The molecule has 0 N–H and O–H groups in total. The van der Waals surface area contributed by atoms with Gasteiger partial charge in [-0.15, -0.1) is 0 Å². The average Bonchev–Trinajstić information content (AvgIpc) is 2.66. The summed E-state index contributed by atoms with van der Waals surface area (Å²) in [6.45, 7) is 14.2. The number of hydrogen-bond donors (Lipinski definition) is 0. The van der Waals surface area contributed by atoms with E-state index in [1.165, 1.54) is 0 Å². The van der Waals surface area contributed by atoms with Crippen molar-refractivity contribution in [3.63, 3.8) is 0 Å². The Morgan fingerprint density at radius 1 is 0.955 bits per heavy atom. The van der Waals surface area contributed by atoms with Crippen LogP contribution in [0.1, 0.15) is 41.5 Å². The van der Waals surface area contributed by atoms with E-state index in [1.54, 1.807) is 0 Å². The molecule has 2 aromatic rings. The molecule has 0 aliphatic carbocycles. The van der Waals surface area contributed by atoms with Crippen LogP contribution in [0.3, 0.4) is 0 Å². The first-order valence-corrected chi connectivity index (χ1v) is 11.5. The molecule has 1 aromatic heterocycles. The fourth-order valence-electron chi connectivity index (χ4n) is 4.39. The molecule has 0 radical (unpaired) electrons. The highest BCUT2D eigenvalue weighted by atomic mass is 79.9. The summed E-state index contributed by atoms with van der Waals surface area (Å²) in [5.74, 6) is 0. The molecule has 0 saturated carbocycles. The third-order valence-electron chi connectivity index (χ3n) is 4.97. The third-order valence-corrected chi connectivity index (χ3v) is 12.8. The summed E-state index contributed by atoms with van der Waals surface area (Å²) in [4.78, 5) is 0. The van der Waals surface area contributed by atoms with Gasteiger partial charge < -0.3 is 4.23 Å². The Hall–Kier alpha value is 0.0369. The van der Waals surface area contributed by atoms with Gasteiger partial charge >= 0.3 is 0 Å². The molecule has 0 saturated heterocycles. The number of aromatic nitrogens is 1. The fraction of sp³-hybridized carbons (Fsp3) is 0.529. The third kappa shape index (κ3) is 2.68. The maximum absolute atomic E-state index is 6.46. The lowest BCUT2D eigenvalue weighted by atomic mass is 10.2. The van der Waals surface area contributed by atoms with E-state index in [0.717, 1.165) is 15.4 Å². The van der Waals surface area contributed by atoms with Gasteiger partial charge in [-0.3, -0.25) is 0 Å². The number of hydrogen-bond acceptors (Lipinski definition) is 0. The highest BCUT2D eigenvalue weighted by Crippen LogP contribution is 2.46. The molecule has 1 aromatic carbocycles. The molecule has 122 valence electrons. The van der Waals surface area contributed by atoms with Gasteiger partial charge in [0.05, 0.1) is 5.02 Å². The lowest BCUT2D eigenvalue weighted by Crippen LogP contribution is -2.51. The summed E-state index contributed by atoms with van der Waals surface area (Å²) in [7, 11) is -1.82. The number of nitrogens with zero attached hydrogens (tertiary/aromatic N) is 1. The molecule has 5 heteroatoms. The lowest BCUT2D eigenvalue weighted by Gasteiger charge is -2.44. The predicted molar refractivity (Wildman–Crippen MR) is 106 cm³/mol. The van der Waals surface area contributed by atoms with Crippen LogP contribution in [-0.4, -0.2) is 12.5 Å². The molecule has 0 amide bonds. The summed E-state index contributed by atoms with van der Waals surface area (Å²) < 4.78 is 3.59. The molecular formula is C17H24BrCl2NSi. The Morgan fingerprint density at radius 3 is 1.91 bits per heavy atom. The van der Waals surface area contributed by atoms with Crippen molar-refractivity contribution >= 4 is 58.3 Å². The standard InChI is InChI=1S/C17H24BrCl2NSi/c1-10(2)22(11(3)4,12(5)6)21-9-14(18)17-15(20)7-13(19)8-16(17)21/h7-12H,1-6H3. The van der Waals surface area contributed by atoms with Crippen molar-refractivity contribution in [1.29, 1.82) is 0 Å². The molecule has 0 aliphatic heterocycles. The minimum absolute atomic E-state index is 0.618.